The first-order valence-corrected chi connectivity index (χ1v) is 4.66. The minimum atomic E-state index is 0.0282. The molecule has 0 fully saturated rings. The highest BCUT2D eigenvalue weighted by Crippen LogP contribution is 2.12. The summed E-state index contributed by atoms with van der Waals surface area (Å²) in [4.78, 5) is 15.8. The molecule has 72 valence electrons. The SMILES string of the molecule is CC(C)n1c(=O)ccc2ncccc21. The molecule has 0 unspecified atom stereocenters. The van der Waals surface area contributed by atoms with Crippen molar-refractivity contribution in [2.24, 2.45) is 0 Å². The Morgan fingerprint density at radius 2 is 2.07 bits per heavy atom. The van der Waals surface area contributed by atoms with Gasteiger partial charge in [0.1, 0.15) is 0 Å². The summed E-state index contributed by atoms with van der Waals surface area (Å²) in [7, 11) is 0. The first kappa shape index (κ1) is 8.94. The fourth-order valence-corrected chi connectivity index (χ4v) is 1.62. The molecule has 0 saturated heterocycles. The molecule has 0 aliphatic heterocycles. The van der Waals surface area contributed by atoms with Gasteiger partial charge in [0.05, 0.1) is 11.0 Å². The van der Waals surface area contributed by atoms with E-state index < -0.39 is 0 Å². The van der Waals surface area contributed by atoms with Crippen molar-refractivity contribution in [1.29, 1.82) is 0 Å². The molecule has 2 rings (SSSR count). The first-order valence-electron chi connectivity index (χ1n) is 4.66. The van der Waals surface area contributed by atoms with Crippen LogP contribution in [0.15, 0.2) is 35.3 Å². The van der Waals surface area contributed by atoms with Crippen LogP contribution in [0.4, 0.5) is 0 Å². The number of hydrogen-bond donors (Lipinski definition) is 0. The predicted molar refractivity (Wildman–Crippen MR) is 56.4 cm³/mol. The summed E-state index contributed by atoms with van der Waals surface area (Å²) in [5, 5.41) is 0. The van der Waals surface area contributed by atoms with Gasteiger partial charge in [-0.15, -0.1) is 0 Å². The highest BCUT2D eigenvalue weighted by molar-refractivity contribution is 5.74. The number of nitrogens with zero attached hydrogens (tertiary/aromatic N) is 2. The van der Waals surface area contributed by atoms with Gasteiger partial charge in [-0.25, -0.2) is 0 Å². The lowest BCUT2D eigenvalue weighted by atomic mass is 10.2. The molecular formula is C11H12N2O. The third-order valence-corrected chi connectivity index (χ3v) is 2.21. The van der Waals surface area contributed by atoms with Gasteiger partial charge in [0.2, 0.25) is 0 Å². The summed E-state index contributed by atoms with van der Waals surface area (Å²) in [5.41, 5.74) is 1.79. The van der Waals surface area contributed by atoms with E-state index >= 15 is 0 Å². The van der Waals surface area contributed by atoms with Crippen molar-refractivity contribution in [3.05, 3.63) is 40.8 Å². The average molecular weight is 188 g/mol. The van der Waals surface area contributed by atoms with Crippen molar-refractivity contribution >= 4 is 11.0 Å². The molecule has 14 heavy (non-hydrogen) atoms. The summed E-state index contributed by atoms with van der Waals surface area (Å²) >= 11 is 0. The Balaban J connectivity index is 2.90. The summed E-state index contributed by atoms with van der Waals surface area (Å²) in [6.07, 6.45) is 1.73. The van der Waals surface area contributed by atoms with Crippen molar-refractivity contribution in [2.75, 3.05) is 0 Å². The van der Waals surface area contributed by atoms with E-state index in [2.05, 4.69) is 4.98 Å². The lowest BCUT2D eigenvalue weighted by molar-refractivity contribution is 0.600. The van der Waals surface area contributed by atoms with Crippen molar-refractivity contribution in [2.45, 2.75) is 19.9 Å². The maximum absolute atomic E-state index is 11.6. The average Bonchev–Trinajstić information content (AvgIpc) is 2.17. The zero-order valence-electron chi connectivity index (χ0n) is 8.27. The second kappa shape index (κ2) is 3.25. The van der Waals surface area contributed by atoms with E-state index in [1.165, 1.54) is 0 Å². The highest BCUT2D eigenvalue weighted by Gasteiger charge is 2.05. The summed E-state index contributed by atoms with van der Waals surface area (Å²) in [6.45, 7) is 3.99. The molecule has 3 nitrogen and oxygen atoms in total. The zero-order valence-corrected chi connectivity index (χ0v) is 8.27. The second-order valence-electron chi connectivity index (χ2n) is 3.54. The third kappa shape index (κ3) is 1.31. The van der Waals surface area contributed by atoms with Gasteiger partial charge in [0.15, 0.2) is 0 Å². The van der Waals surface area contributed by atoms with E-state index in [4.69, 9.17) is 0 Å². The van der Waals surface area contributed by atoms with E-state index in [0.29, 0.717) is 0 Å². The largest absolute Gasteiger partial charge is 0.304 e. The Morgan fingerprint density at radius 3 is 2.79 bits per heavy atom. The van der Waals surface area contributed by atoms with Crippen LogP contribution in [0, 0.1) is 0 Å². The van der Waals surface area contributed by atoms with Crippen molar-refractivity contribution in [1.82, 2.24) is 9.55 Å². The van der Waals surface area contributed by atoms with Gasteiger partial charge in [-0.2, -0.15) is 0 Å². The Hall–Kier alpha value is -1.64. The molecule has 0 spiro atoms. The Bertz CT molecular complexity index is 514. The van der Waals surface area contributed by atoms with Crippen LogP contribution >= 0.6 is 0 Å². The lowest BCUT2D eigenvalue weighted by Crippen LogP contribution is -2.21. The number of aromatic nitrogens is 2. The summed E-state index contributed by atoms with van der Waals surface area (Å²) in [5.74, 6) is 0. The second-order valence-corrected chi connectivity index (χ2v) is 3.54. The quantitative estimate of drug-likeness (QED) is 0.685. The molecule has 2 aromatic rings. The van der Waals surface area contributed by atoms with Crippen molar-refractivity contribution < 1.29 is 0 Å². The highest BCUT2D eigenvalue weighted by atomic mass is 16.1. The minimum Gasteiger partial charge on any atom is -0.304 e. The van der Waals surface area contributed by atoms with Gasteiger partial charge < -0.3 is 4.57 Å². The Morgan fingerprint density at radius 1 is 1.29 bits per heavy atom. The fourth-order valence-electron chi connectivity index (χ4n) is 1.62. The normalized spacial score (nSPS) is 11.1. The predicted octanol–water partition coefficient (Wildman–Crippen LogP) is 1.98. The number of fused-ring (bicyclic) bond motifs is 1. The standard InChI is InChI=1S/C11H12N2O/c1-8(2)13-10-4-3-7-12-9(10)5-6-11(13)14/h3-8H,1-2H3. The van der Waals surface area contributed by atoms with Crippen LogP contribution < -0.4 is 5.56 Å². The molecule has 2 heterocycles. The number of pyridine rings is 2. The molecule has 0 amide bonds. The zero-order chi connectivity index (χ0) is 10.1. The van der Waals surface area contributed by atoms with E-state index in [0.717, 1.165) is 11.0 Å². The van der Waals surface area contributed by atoms with Crippen LogP contribution in [-0.4, -0.2) is 9.55 Å². The molecule has 2 aromatic heterocycles. The molecular weight excluding hydrogens is 176 g/mol. The number of hydrogen-bond acceptors (Lipinski definition) is 2. The first-order chi connectivity index (χ1) is 6.70. The molecule has 0 aromatic carbocycles. The topological polar surface area (TPSA) is 34.9 Å². The molecule has 0 aliphatic carbocycles. The van der Waals surface area contributed by atoms with Crippen molar-refractivity contribution in [3.63, 3.8) is 0 Å². The van der Waals surface area contributed by atoms with Gasteiger partial charge in [-0.05, 0) is 32.0 Å². The smallest absolute Gasteiger partial charge is 0.251 e. The lowest BCUT2D eigenvalue weighted by Gasteiger charge is -2.12. The number of rotatable bonds is 1. The van der Waals surface area contributed by atoms with Gasteiger partial charge in [-0.3, -0.25) is 9.78 Å². The van der Waals surface area contributed by atoms with Gasteiger partial charge >= 0.3 is 0 Å². The third-order valence-electron chi connectivity index (χ3n) is 2.21. The maximum Gasteiger partial charge on any atom is 0.251 e. The monoisotopic (exact) mass is 188 g/mol. The van der Waals surface area contributed by atoms with E-state index in [1.54, 1.807) is 22.9 Å². The van der Waals surface area contributed by atoms with Crippen molar-refractivity contribution in [3.8, 4) is 0 Å². The van der Waals surface area contributed by atoms with E-state index in [1.807, 2.05) is 26.0 Å². The maximum atomic E-state index is 11.6. The van der Waals surface area contributed by atoms with Crippen LogP contribution in [-0.2, 0) is 0 Å². The molecule has 0 bridgehead atoms. The molecule has 0 aliphatic rings. The van der Waals surface area contributed by atoms with E-state index in [-0.39, 0.29) is 11.6 Å². The van der Waals surface area contributed by atoms with Gasteiger partial charge in [0, 0.05) is 18.3 Å². The minimum absolute atomic E-state index is 0.0282. The van der Waals surface area contributed by atoms with Crippen LogP contribution in [0.3, 0.4) is 0 Å². The molecule has 0 atom stereocenters. The van der Waals surface area contributed by atoms with Crippen LogP contribution in [0.25, 0.3) is 11.0 Å². The Kier molecular flexibility index (Phi) is 2.08. The summed E-state index contributed by atoms with van der Waals surface area (Å²) < 4.78 is 1.75. The van der Waals surface area contributed by atoms with Gasteiger partial charge in [-0.1, -0.05) is 0 Å². The van der Waals surface area contributed by atoms with Crippen LogP contribution in [0.5, 0.6) is 0 Å². The molecule has 0 radical (unpaired) electrons. The van der Waals surface area contributed by atoms with E-state index in [9.17, 15) is 4.79 Å². The molecule has 3 heteroatoms. The fraction of sp³-hybridized carbons (Fsp3) is 0.273. The Labute approximate surface area is 82.0 Å². The van der Waals surface area contributed by atoms with Gasteiger partial charge in [0.25, 0.3) is 5.56 Å². The summed E-state index contributed by atoms with van der Waals surface area (Å²) in [6, 6.07) is 7.26. The molecule has 0 N–H and O–H groups in total. The molecule has 0 saturated carbocycles. The van der Waals surface area contributed by atoms with Crippen LogP contribution in [0.1, 0.15) is 19.9 Å². The van der Waals surface area contributed by atoms with Crippen LogP contribution in [0.2, 0.25) is 0 Å².